The summed E-state index contributed by atoms with van der Waals surface area (Å²) in [6, 6.07) is 7.94. The molecule has 0 atom stereocenters. The van der Waals surface area contributed by atoms with Crippen molar-refractivity contribution in [1.29, 1.82) is 0 Å². The minimum atomic E-state index is 0.635. The molecule has 2 aromatic rings. The molecule has 1 heterocycles. The summed E-state index contributed by atoms with van der Waals surface area (Å²) < 4.78 is 5.96. The second-order valence-corrected chi connectivity index (χ2v) is 4.65. The van der Waals surface area contributed by atoms with E-state index in [1.165, 1.54) is 0 Å². The molecule has 0 fully saturated rings. The summed E-state index contributed by atoms with van der Waals surface area (Å²) in [5.74, 6) is 2.34. The van der Waals surface area contributed by atoms with Crippen LogP contribution < -0.4 is 10.1 Å². The van der Waals surface area contributed by atoms with Crippen LogP contribution in [0.1, 0.15) is 31.4 Å². The number of ether oxygens (including phenoxy) is 1. The normalized spacial score (nSPS) is 10.3. The average molecular weight is 271 g/mol. The summed E-state index contributed by atoms with van der Waals surface area (Å²) in [6.07, 6.45) is 3.43. The van der Waals surface area contributed by atoms with Crippen molar-refractivity contribution >= 4 is 5.82 Å². The summed E-state index contributed by atoms with van der Waals surface area (Å²) in [5, 5.41) is 3.32. The van der Waals surface area contributed by atoms with Gasteiger partial charge in [0.1, 0.15) is 17.9 Å². The third-order valence-corrected chi connectivity index (χ3v) is 3.10. The van der Waals surface area contributed by atoms with E-state index in [1.807, 2.05) is 31.2 Å². The van der Waals surface area contributed by atoms with E-state index in [4.69, 9.17) is 4.74 Å². The Labute approximate surface area is 120 Å². The van der Waals surface area contributed by atoms with E-state index >= 15 is 0 Å². The van der Waals surface area contributed by atoms with Gasteiger partial charge in [-0.05, 0) is 31.4 Å². The third kappa shape index (κ3) is 3.26. The fourth-order valence-corrected chi connectivity index (χ4v) is 1.97. The quantitative estimate of drug-likeness (QED) is 0.863. The number of benzene rings is 1. The van der Waals surface area contributed by atoms with Crippen molar-refractivity contribution in [2.75, 3.05) is 11.9 Å². The van der Waals surface area contributed by atoms with Crippen LogP contribution >= 0.6 is 0 Å². The Morgan fingerprint density at radius 2 is 1.95 bits per heavy atom. The molecule has 4 heteroatoms. The third-order valence-electron chi connectivity index (χ3n) is 3.10. The minimum Gasteiger partial charge on any atom is -0.438 e. The summed E-state index contributed by atoms with van der Waals surface area (Å²) in [7, 11) is 0. The molecule has 1 aromatic carbocycles. The standard InChI is InChI=1S/C16H21N3O/c1-4-10-17-15-13(5-2)16(19-11-18-15)20-14-9-7-6-8-12(14)3/h6-9,11H,4-5,10H2,1-3H3,(H,17,18,19). The maximum atomic E-state index is 5.96. The van der Waals surface area contributed by atoms with Crippen LogP contribution in [0.25, 0.3) is 0 Å². The van der Waals surface area contributed by atoms with Crippen molar-refractivity contribution in [2.45, 2.75) is 33.6 Å². The number of aromatic nitrogens is 2. The van der Waals surface area contributed by atoms with Crippen LogP contribution in [0, 0.1) is 6.92 Å². The van der Waals surface area contributed by atoms with Crippen molar-refractivity contribution < 1.29 is 4.74 Å². The van der Waals surface area contributed by atoms with E-state index < -0.39 is 0 Å². The van der Waals surface area contributed by atoms with Crippen LogP contribution in [0.5, 0.6) is 11.6 Å². The van der Waals surface area contributed by atoms with Gasteiger partial charge in [0.25, 0.3) is 0 Å². The van der Waals surface area contributed by atoms with Gasteiger partial charge in [-0.15, -0.1) is 0 Å². The van der Waals surface area contributed by atoms with Gasteiger partial charge >= 0.3 is 0 Å². The van der Waals surface area contributed by atoms with Crippen molar-refractivity contribution in [3.63, 3.8) is 0 Å². The van der Waals surface area contributed by atoms with Crippen LogP contribution in [0.2, 0.25) is 0 Å². The number of rotatable bonds is 6. The molecule has 0 spiro atoms. The molecule has 20 heavy (non-hydrogen) atoms. The number of nitrogens with one attached hydrogen (secondary N) is 1. The molecule has 0 aliphatic rings. The van der Waals surface area contributed by atoms with E-state index in [0.717, 1.165) is 42.1 Å². The van der Waals surface area contributed by atoms with E-state index in [9.17, 15) is 0 Å². The molecule has 106 valence electrons. The molecule has 0 aliphatic carbocycles. The van der Waals surface area contributed by atoms with Crippen LogP contribution in [-0.4, -0.2) is 16.5 Å². The Bertz CT molecular complexity index is 569. The highest BCUT2D eigenvalue weighted by Crippen LogP contribution is 2.29. The highest BCUT2D eigenvalue weighted by molar-refractivity contribution is 5.50. The zero-order chi connectivity index (χ0) is 14.4. The maximum absolute atomic E-state index is 5.96. The Hall–Kier alpha value is -2.10. The van der Waals surface area contributed by atoms with Crippen molar-refractivity contribution in [2.24, 2.45) is 0 Å². The number of aryl methyl sites for hydroxylation is 1. The minimum absolute atomic E-state index is 0.635. The summed E-state index contributed by atoms with van der Waals surface area (Å²) in [4.78, 5) is 8.59. The van der Waals surface area contributed by atoms with Gasteiger partial charge < -0.3 is 10.1 Å². The fourth-order valence-electron chi connectivity index (χ4n) is 1.97. The van der Waals surface area contributed by atoms with Gasteiger partial charge in [-0.25, -0.2) is 9.97 Å². The van der Waals surface area contributed by atoms with Gasteiger partial charge in [0, 0.05) is 6.54 Å². The number of nitrogens with zero attached hydrogens (tertiary/aromatic N) is 2. The topological polar surface area (TPSA) is 47.0 Å². The molecular weight excluding hydrogens is 250 g/mol. The molecule has 0 amide bonds. The monoisotopic (exact) mass is 271 g/mol. The van der Waals surface area contributed by atoms with Crippen LogP contribution in [0.3, 0.4) is 0 Å². The molecular formula is C16H21N3O. The van der Waals surface area contributed by atoms with E-state index in [0.29, 0.717) is 5.88 Å². The molecule has 4 nitrogen and oxygen atoms in total. The first-order valence-corrected chi connectivity index (χ1v) is 7.07. The van der Waals surface area contributed by atoms with Crippen molar-refractivity contribution in [1.82, 2.24) is 9.97 Å². The Balaban J connectivity index is 2.29. The first kappa shape index (κ1) is 14.3. The molecule has 0 saturated heterocycles. The fraction of sp³-hybridized carbons (Fsp3) is 0.375. The lowest BCUT2D eigenvalue weighted by atomic mass is 10.2. The Morgan fingerprint density at radius 1 is 1.15 bits per heavy atom. The number of anilines is 1. The lowest BCUT2D eigenvalue weighted by Gasteiger charge is -2.14. The molecule has 0 unspecified atom stereocenters. The Morgan fingerprint density at radius 3 is 2.65 bits per heavy atom. The first-order chi connectivity index (χ1) is 9.76. The predicted molar refractivity (Wildman–Crippen MR) is 81.4 cm³/mol. The summed E-state index contributed by atoms with van der Waals surface area (Å²) in [5.41, 5.74) is 2.11. The highest BCUT2D eigenvalue weighted by atomic mass is 16.5. The Kier molecular flexibility index (Phi) is 4.93. The molecule has 0 saturated carbocycles. The van der Waals surface area contributed by atoms with Crippen molar-refractivity contribution in [3.8, 4) is 11.6 Å². The van der Waals surface area contributed by atoms with Gasteiger partial charge in [-0.1, -0.05) is 32.0 Å². The van der Waals surface area contributed by atoms with Gasteiger partial charge in [-0.2, -0.15) is 0 Å². The molecule has 1 aromatic heterocycles. The average Bonchev–Trinajstić information content (AvgIpc) is 2.47. The molecule has 0 aliphatic heterocycles. The van der Waals surface area contributed by atoms with Gasteiger partial charge in [0.15, 0.2) is 0 Å². The largest absolute Gasteiger partial charge is 0.438 e. The molecule has 0 radical (unpaired) electrons. The van der Waals surface area contributed by atoms with Crippen LogP contribution in [0.15, 0.2) is 30.6 Å². The van der Waals surface area contributed by atoms with E-state index in [1.54, 1.807) is 6.33 Å². The molecule has 1 N–H and O–H groups in total. The lowest BCUT2D eigenvalue weighted by molar-refractivity contribution is 0.452. The summed E-state index contributed by atoms with van der Waals surface area (Å²) in [6.45, 7) is 7.14. The summed E-state index contributed by atoms with van der Waals surface area (Å²) >= 11 is 0. The second kappa shape index (κ2) is 6.89. The number of hydrogen-bond acceptors (Lipinski definition) is 4. The van der Waals surface area contributed by atoms with Crippen molar-refractivity contribution in [3.05, 3.63) is 41.7 Å². The number of hydrogen-bond donors (Lipinski definition) is 1. The zero-order valence-electron chi connectivity index (χ0n) is 12.3. The lowest BCUT2D eigenvalue weighted by Crippen LogP contribution is -2.07. The van der Waals surface area contributed by atoms with E-state index in [-0.39, 0.29) is 0 Å². The number of para-hydroxylation sites is 1. The van der Waals surface area contributed by atoms with E-state index in [2.05, 4.69) is 29.1 Å². The second-order valence-electron chi connectivity index (χ2n) is 4.65. The predicted octanol–water partition coefficient (Wildman–Crippen LogP) is 3.96. The van der Waals surface area contributed by atoms with Gasteiger partial charge in [0.05, 0.1) is 5.56 Å². The van der Waals surface area contributed by atoms with Gasteiger partial charge in [-0.3, -0.25) is 0 Å². The zero-order valence-corrected chi connectivity index (χ0v) is 12.3. The maximum Gasteiger partial charge on any atom is 0.227 e. The van der Waals surface area contributed by atoms with Crippen LogP contribution in [0.4, 0.5) is 5.82 Å². The van der Waals surface area contributed by atoms with Crippen LogP contribution in [-0.2, 0) is 6.42 Å². The first-order valence-electron chi connectivity index (χ1n) is 7.07. The molecule has 2 rings (SSSR count). The smallest absolute Gasteiger partial charge is 0.227 e. The SMILES string of the molecule is CCCNc1ncnc(Oc2ccccc2C)c1CC. The van der Waals surface area contributed by atoms with Gasteiger partial charge in [0.2, 0.25) is 5.88 Å². The molecule has 0 bridgehead atoms. The highest BCUT2D eigenvalue weighted by Gasteiger charge is 2.12.